The van der Waals surface area contributed by atoms with Gasteiger partial charge in [0.25, 0.3) is 0 Å². The van der Waals surface area contributed by atoms with Crippen LogP contribution in [-0.2, 0) is 24.7 Å². The Morgan fingerprint density at radius 2 is 1.43 bits per heavy atom. The molecule has 0 bridgehead atoms. The van der Waals surface area contributed by atoms with Gasteiger partial charge in [0.2, 0.25) is 5.82 Å². The number of aromatic nitrogens is 7. The molecule has 3 aromatic carbocycles. The lowest BCUT2D eigenvalue weighted by molar-refractivity contribution is -0.143. The van der Waals surface area contributed by atoms with Crippen molar-refractivity contribution in [3.05, 3.63) is 98.2 Å². The summed E-state index contributed by atoms with van der Waals surface area (Å²) < 4.78 is 81.6. The second kappa shape index (κ2) is 11.7. The molecule has 5 aromatic rings. The number of hydrogen-bond acceptors (Lipinski definition) is 6. The van der Waals surface area contributed by atoms with Crippen LogP contribution in [0.5, 0.6) is 0 Å². The molecule has 0 unspecified atom stereocenters. The SMILES string of the molecule is FC(F)(F)c1cc(-c2nnn(Cc3nnc(SCc4ccccc4Cl)n3-c3ccc(Cl)c(Cl)c3)n2)cc(C(F)(F)F)c1. The van der Waals surface area contributed by atoms with Crippen molar-refractivity contribution in [2.24, 2.45) is 0 Å². The number of rotatable bonds is 7. The van der Waals surface area contributed by atoms with Crippen molar-refractivity contribution in [3.63, 3.8) is 0 Å². The zero-order valence-electron chi connectivity index (χ0n) is 20.6. The van der Waals surface area contributed by atoms with Crippen molar-refractivity contribution in [2.75, 3.05) is 0 Å². The van der Waals surface area contributed by atoms with Crippen LogP contribution in [-0.4, -0.2) is 35.0 Å². The van der Waals surface area contributed by atoms with Crippen molar-refractivity contribution in [2.45, 2.75) is 29.8 Å². The van der Waals surface area contributed by atoms with E-state index in [0.29, 0.717) is 38.8 Å². The van der Waals surface area contributed by atoms with Gasteiger partial charge in [-0.05, 0) is 53.2 Å². The van der Waals surface area contributed by atoms with Gasteiger partial charge >= 0.3 is 12.4 Å². The molecular formula is C25H14Cl3F6N7S. The molecule has 0 aliphatic rings. The van der Waals surface area contributed by atoms with Crippen molar-refractivity contribution in [3.8, 4) is 17.1 Å². The fourth-order valence-electron chi connectivity index (χ4n) is 3.77. The van der Waals surface area contributed by atoms with Gasteiger partial charge in [-0.15, -0.1) is 20.4 Å². The van der Waals surface area contributed by atoms with Crippen molar-refractivity contribution in [1.82, 2.24) is 35.0 Å². The van der Waals surface area contributed by atoms with E-state index in [1.165, 1.54) is 11.8 Å². The Kier molecular flexibility index (Phi) is 8.43. The number of hydrogen-bond donors (Lipinski definition) is 0. The first-order chi connectivity index (χ1) is 19.8. The van der Waals surface area contributed by atoms with E-state index in [1.54, 1.807) is 34.9 Å². The Bertz CT molecular complexity index is 1720. The minimum Gasteiger partial charge on any atom is -0.272 e. The van der Waals surface area contributed by atoms with E-state index in [2.05, 4.69) is 25.6 Å². The largest absolute Gasteiger partial charge is 0.416 e. The maximum absolute atomic E-state index is 13.3. The lowest BCUT2D eigenvalue weighted by atomic mass is 10.0. The Morgan fingerprint density at radius 1 is 0.738 bits per heavy atom. The van der Waals surface area contributed by atoms with Crippen LogP contribution in [0.4, 0.5) is 26.3 Å². The summed E-state index contributed by atoms with van der Waals surface area (Å²) in [6.45, 7) is -0.196. The van der Waals surface area contributed by atoms with Crippen LogP contribution in [0.1, 0.15) is 22.5 Å². The molecule has 0 spiro atoms. The monoisotopic (exact) mass is 663 g/mol. The average Bonchev–Trinajstić information content (AvgIpc) is 3.56. The molecule has 2 heterocycles. The summed E-state index contributed by atoms with van der Waals surface area (Å²) in [5, 5.41) is 21.5. The van der Waals surface area contributed by atoms with Gasteiger partial charge in [0.05, 0.1) is 26.9 Å². The molecule has 0 fully saturated rings. The normalized spacial score (nSPS) is 12.2. The lowest BCUT2D eigenvalue weighted by Crippen LogP contribution is -2.12. The van der Waals surface area contributed by atoms with Crippen LogP contribution < -0.4 is 0 Å². The smallest absolute Gasteiger partial charge is 0.272 e. The highest BCUT2D eigenvalue weighted by molar-refractivity contribution is 7.98. The van der Waals surface area contributed by atoms with Gasteiger partial charge in [0, 0.05) is 16.3 Å². The highest BCUT2D eigenvalue weighted by Gasteiger charge is 2.37. The molecule has 5 rings (SSSR count). The van der Waals surface area contributed by atoms with Gasteiger partial charge < -0.3 is 0 Å². The zero-order chi connectivity index (χ0) is 30.2. The lowest BCUT2D eigenvalue weighted by Gasteiger charge is -2.13. The molecule has 0 atom stereocenters. The first kappa shape index (κ1) is 30.1. The van der Waals surface area contributed by atoms with Crippen LogP contribution in [0.2, 0.25) is 15.1 Å². The zero-order valence-corrected chi connectivity index (χ0v) is 23.7. The van der Waals surface area contributed by atoms with E-state index >= 15 is 0 Å². The van der Waals surface area contributed by atoms with Gasteiger partial charge in [-0.1, -0.05) is 64.8 Å². The molecule has 0 amide bonds. The van der Waals surface area contributed by atoms with Gasteiger partial charge in [-0.3, -0.25) is 4.57 Å². The molecule has 0 saturated heterocycles. The van der Waals surface area contributed by atoms with Gasteiger partial charge in [-0.25, -0.2) is 0 Å². The molecule has 17 heteroatoms. The van der Waals surface area contributed by atoms with E-state index in [0.717, 1.165) is 10.4 Å². The first-order valence-electron chi connectivity index (χ1n) is 11.6. The maximum Gasteiger partial charge on any atom is 0.416 e. The second-order valence-electron chi connectivity index (χ2n) is 8.65. The average molecular weight is 665 g/mol. The Morgan fingerprint density at radius 3 is 2.07 bits per heavy atom. The first-order valence-corrected chi connectivity index (χ1v) is 13.7. The van der Waals surface area contributed by atoms with Crippen LogP contribution >= 0.6 is 46.6 Å². The molecule has 0 N–H and O–H groups in total. The Hall–Kier alpha value is -3.33. The van der Waals surface area contributed by atoms with Crippen molar-refractivity contribution < 1.29 is 26.3 Å². The van der Waals surface area contributed by atoms with Crippen LogP contribution in [0.15, 0.2) is 65.8 Å². The maximum atomic E-state index is 13.3. The summed E-state index contributed by atoms with van der Waals surface area (Å²) in [6.07, 6.45) is -10.1. The highest BCUT2D eigenvalue weighted by atomic mass is 35.5. The summed E-state index contributed by atoms with van der Waals surface area (Å²) in [6, 6.07) is 13.1. The third-order valence-corrected chi connectivity index (χ3v) is 7.84. The highest BCUT2D eigenvalue weighted by Crippen LogP contribution is 2.38. The standard InChI is InChI=1S/C25H14Cl3F6N7S/c26-18-4-2-1-3-13(18)12-42-23-37-35-21(41(23)17-5-6-19(27)20(28)10-17)11-40-38-22(36-39-40)14-7-15(24(29,30)31)9-16(8-14)25(32,33)34/h1-10H,11-12H2. The van der Waals surface area contributed by atoms with E-state index in [1.807, 2.05) is 12.1 Å². The van der Waals surface area contributed by atoms with Crippen molar-refractivity contribution >= 4 is 46.6 Å². The minimum atomic E-state index is -5.03. The summed E-state index contributed by atoms with van der Waals surface area (Å²) in [4.78, 5) is 0.976. The molecule has 0 saturated carbocycles. The predicted octanol–water partition coefficient (Wildman–Crippen LogP) is 8.26. The summed E-state index contributed by atoms with van der Waals surface area (Å²) in [5.41, 5.74) is -2.13. The molecular weight excluding hydrogens is 651 g/mol. The molecule has 218 valence electrons. The summed E-state index contributed by atoms with van der Waals surface area (Å²) in [7, 11) is 0. The van der Waals surface area contributed by atoms with Gasteiger partial charge in [0.15, 0.2) is 11.0 Å². The Balaban J connectivity index is 1.49. The van der Waals surface area contributed by atoms with E-state index in [9.17, 15) is 26.3 Å². The third-order valence-electron chi connectivity index (χ3n) is 5.76. The van der Waals surface area contributed by atoms with Crippen LogP contribution in [0.25, 0.3) is 17.1 Å². The topological polar surface area (TPSA) is 74.3 Å². The number of thioether (sulfide) groups is 1. The Labute approximate surface area is 252 Å². The number of alkyl halides is 6. The minimum absolute atomic E-state index is 0.0233. The molecule has 2 aromatic heterocycles. The number of halogens is 9. The number of tetrazole rings is 1. The fourth-order valence-corrected chi connectivity index (χ4v) is 5.32. The van der Waals surface area contributed by atoms with E-state index < -0.39 is 34.9 Å². The van der Waals surface area contributed by atoms with E-state index in [4.69, 9.17) is 34.8 Å². The van der Waals surface area contributed by atoms with E-state index in [-0.39, 0.29) is 23.5 Å². The number of nitrogens with zero attached hydrogens (tertiary/aromatic N) is 7. The molecule has 7 nitrogen and oxygen atoms in total. The molecule has 0 aliphatic heterocycles. The fraction of sp³-hybridized carbons (Fsp3) is 0.160. The van der Waals surface area contributed by atoms with Crippen LogP contribution in [0.3, 0.4) is 0 Å². The van der Waals surface area contributed by atoms with Crippen molar-refractivity contribution in [1.29, 1.82) is 0 Å². The summed E-state index contributed by atoms with van der Waals surface area (Å²) in [5.74, 6) is 0.251. The molecule has 0 radical (unpaired) electrons. The number of benzene rings is 3. The molecule has 0 aliphatic carbocycles. The molecule has 42 heavy (non-hydrogen) atoms. The quantitative estimate of drug-likeness (QED) is 0.129. The van der Waals surface area contributed by atoms with Gasteiger partial charge in [-0.2, -0.15) is 31.1 Å². The van der Waals surface area contributed by atoms with Gasteiger partial charge in [0.1, 0.15) is 6.54 Å². The second-order valence-corrected chi connectivity index (χ2v) is 10.8. The van der Waals surface area contributed by atoms with Crippen LogP contribution in [0, 0.1) is 0 Å². The summed E-state index contributed by atoms with van der Waals surface area (Å²) >= 11 is 19.9. The predicted molar refractivity (Wildman–Crippen MR) is 145 cm³/mol. The third kappa shape index (κ3) is 6.66.